The Morgan fingerprint density at radius 2 is 1.96 bits per heavy atom. The number of likely N-dealkylation sites (tertiary alicyclic amines) is 1. The highest BCUT2D eigenvalue weighted by Gasteiger charge is 2.26. The van der Waals surface area contributed by atoms with E-state index in [1.54, 1.807) is 6.07 Å². The normalized spacial score (nSPS) is 18.3. The maximum Gasteiger partial charge on any atom is 0.228 e. The Kier molecular flexibility index (Phi) is 5.54. The highest BCUT2D eigenvalue weighted by atomic mass is 35.5. The van der Waals surface area contributed by atoms with Gasteiger partial charge in [0.2, 0.25) is 5.91 Å². The third kappa shape index (κ3) is 4.37. The third-order valence-corrected chi connectivity index (χ3v) is 4.86. The summed E-state index contributed by atoms with van der Waals surface area (Å²) < 4.78 is 0. The van der Waals surface area contributed by atoms with Crippen molar-refractivity contribution >= 4 is 23.2 Å². The molecule has 2 aromatic rings. The second-order valence-corrected chi connectivity index (χ2v) is 6.94. The van der Waals surface area contributed by atoms with E-state index in [9.17, 15) is 4.79 Å². The van der Waals surface area contributed by atoms with Crippen molar-refractivity contribution in [1.29, 1.82) is 0 Å². The molecule has 3 rings (SSSR count). The van der Waals surface area contributed by atoms with Crippen LogP contribution in [0.5, 0.6) is 0 Å². The number of rotatable bonds is 4. The standard InChI is InChI=1S/C20H23ClN2O/c1-15-8-10-16(11-9-15)13-23-12-4-5-17(14-23)20(24)22-19-7-3-2-6-18(19)21/h2-3,6-11,17H,4-5,12-14H2,1H3,(H,22,24). The average Bonchev–Trinajstić information content (AvgIpc) is 2.59. The summed E-state index contributed by atoms with van der Waals surface area (Å²) in [6.07, 6.45) is 1.98. The van der Waals surface area contributed by atoms with Crippen molar-refractivity contribution in [1.82, 2.24) is 4.90 Å². The van der Waals surface area contributed by atoms with Gasteiger partial charge in [-0.2, -0.15) is 0 Å². The van der Waals surface area contributed by atoms with Crippen molar-refractivity contribution in [2.24, 2.45) is 5.92 Å². The molecule has 1 N–H and O–H groups in total. The first-order valence-electron chi connectivity index (χ1n) is 8.45. The van der Waals surface area contributed by atoms with Crippen molar-refractivity contribution in [2.75, 3.05) is 18.4 Å². The van der Waals surface area contributed by atoms with E-state index in [1.165, 1.54) is 11.1 Å². The molecular formula is C20H23ClN2O. The zero-order chi connectivity index (χ0) is 16.9. The molecule has 0 aromatic heterocycles. The number of benzene rings is 2. The topological polar surface area (TPSA) is 32.3 Å². The zero-order valence-electron chi connectivity index (χ0n) is 14.0. The van der Waals surface area contributed by atoms with Crippen LogP contribution < -0.4 is 5.32 Å². The van der Waals surface area contributed by atoms with Crippen molar-refractivity contribution < 1.29 is 4.79 Å². The average molecular weight is 343 g/mol. The van der Waals surface area contributed by atoms with Gasteiger partial charge in [0, 0.05) is 13.1 Å². The fraction of sp³-hybridized carbons (Fsp3) is 0.350. The van der Waals surface area contributed by atoms with Crippen molar-refractivity contribution in [3.8, 4) is 0 Å². The number of halogens is 1. The number of piperidine rings is 1. The van der Waals surface area contributed by atoms with Crippen LogP contribution in [-0.4, -0.2) is 23.9 Å². The first kappa shape index (κ1) is 17.0. The molecule has 0 radical (unpaired) electrons. The van der Waals surface area contributed by atoms with Crippen LogP contribution in [0.25, 0.3) is 0 Å². The Hall–Kier alpha value is -1.84. The molecule has 1 aliphatic heterocycles. The predicted molar refractivity (Wildman–Crippen MR) is 99.3 cm³/mol. The highest BCUT2D eigenvalue weighted by molar-refractivity contribution is 6.33. The van der Waals surface area contributed by atoms with Gasteiger partial charge in [-0.1, -0.05) is 53.6 Å². The SMILES string of the molecule is Cc1ccc(CN2CCCC(C(=O)Nc3ccccc3Cl)C2)cc1. The Morgan fingerprint density at radius 1 is 1.21 bits per heavy atom. The first-order chi connectivity index (χ1) is 11.6. The van der Waals surface area contributed by atoms with Crippen molar-refractivity contribution in [3.63, 3.8) is 0 Å². The van der Waals surface area contributed by atoms with Crippen LogP contribution in [-0.2, 0) is 11.3 Å². The molecule has 0 spiro atoms. The second-order valence-electron chi connectivity index (χ2n) is 6.53. The molecule has 1 fully saturated rings. The van der Waals surface area contributed by atoms with E-state index in [2.05, 4.69) is 41.4 Å². The number of carbonyl (C=O) groups is 1. The van der Waals surface area contributed by atoms with Gasteiger partial charge in [-0.3, -0.25) is 9.69 Å². The molecule has 1 saturated heterocycles. The van der Waals surface area contributed by atoms with Gasteiger partial charge in [0.25, 0.3) is 0 Å². The molecule has 126 valence electrons. The zero-order valence-corrected chi connectivity index (χ0v) is 14.7. The predicted octanol–water partition coefficient (Wildman–Crippen LogP) is 4.50. The number of carbonyl (C=O) groups excluding carboxylic acids is 1. The molecule has 24 heavy (non-hydrogen) atoms. The molecule has 1 unspecified atom stereocenters. The molecule has 1 aliphatic rings. The van der Waals surface area contributed by atoms with Gasteiger partial charge in [0.05, 0.1) is 16.6 Å². The monoisotopic (exact) mass is 342 g/mol. The number of amides is 1. The number of nitrogens with one attached hydrogen (secondary N) is 1. The number of para-hydroxylation sites is 1. The molecule has 3 nitrogen and oxygen atoms in total. The lowest BCUT2D eigenvalue weighted by Crippen LogP contribution is -2.40. The fourth-order valence-corrected chi connectivity index (χ4v) is 3.35. The third-order valence-electron chi connectivity index (χ3n) is 4.53. The molecule has 4 heteroatoms. The van der Waals surface area contributed by atoms with Gasteiger partial charge >= 0.3 is 0 Å². The summed E-state index contributed by atoms with van der Waals surface area (Å²) in [6, 6.07) is 16.0. The number of anilines is 1. The number of hydrogen-bond acceptors (Lipinski definition) is 2. The van der Waals surface area contributed by atoms with Crippen LogP contribution in [0, 0.1) is 12.8 Å². The van der Waals surface area contributed by atoms with E-state index in [1.807, 2.05) is 18.2 Å². The van der Waals surface area contributed by atoms with E-state index in [0.29, 0.717) is 10.7 Å². The van der Waals surface area contributed by atoms with Gasteiger partial charge in [0.15, 0.2) is 0 Å². The maximum absolute atomic E-state index is 12.6. The van der Waals surface area contributed by atoms with Crippen LogP contribution in [0.2, 0.25) is 5.02 Å². The Morgan fingerprint density at radius 3 is 2.71 bits per heavy atom. The van der Waals surface area contributed by atoms with Crippen LogP contribution in [0.4, 0.5) is 5.69 Å². The number of aryl methyl sites for hydroxylation is 1. The van der Waals surface area contributed by atoms with Gasteiger partial charge in [0.1, 0.15) is 0 Å². The van der Waals surface area contributed by atoms with E-state index in [4.69, 9.17) is 11.6 Å². The lowest BCUT2D eigenvalue weighted by molar-refractivity contribution is -0.121. The number of hydrogen-bond donors (Lipinski definition) is 1. The molecule has 2 aromatic carbocycles. The minimum atomic E-state index is 0.0143. The van der Waals surface area contributed by atoms with E-state index >= 15 is 0 Å². The molecule has 0 bridgehead atoms. The van der Waals surface area contributed by atoms with Crippen LogP contribution >= 0.6 is 11.6 Å². The lowest BCUT2D eigenvalue weighted by atomic mass is 9.96. The Labute approximate surface area is 148 Å². The molecule has 0 saturated carbocycles. The van der Waals surface area contributed by atoms with Gasteiger partial charge in [-0.05, 0) is 44.0 Å². The minimum Gasteiger partial charge on any atom is -0.324 e. The van der Waals surface area contributed by atoms with E-state index < -0.39 is 0 Å². The summed E-state index contributed by atoms with van der Waals surface area (Å²) in [5.41, 5.74) is 3.27. The molecular weight excluding hydrogens is 320 g/mol. The fourth-order valence-electron chi connectivity index (χ4n) is 3.16. The second kappa shape index (κ2) is 7.82. The van der Waals surface area contributed by atoms with Crippen molar-refractivity contribution in [3.05, 3.63) is 64.7 Å². The molecule has 1 heterocycles. The smallest absolute Gasteiger partial charge is 0.228 e. The van der Waals surface area contributed by atoms with Crippen LogP contribution in [0.1, 0.15) is 24.0 Å². The molecule has 1 atom stereocenters. The van der Waals surface area contributed by atoms with Crippen LogP contribution in [0.15, 0.2) is 48.5 Å². The molecule has 1 amide bonds. The summed E-state index contributed by atoms with van der Waals surface area (Å²) in [6.45, 7) is 4.84. The quantitative estimate of drug-likeness (QED) is 0.887. The Balaban J connectivity index is 1.59. The lowest BCUT2D eigenvalue weighted by Gasteiger charge is -2.32. The summed E-state index contributed by atoms with van der Waals surface area (Å²) in [5, 5.41) is 3.56. The van der Waals surface area contributed by atoms with Crippen LogP contribution in [0.3, 0.4) is 0 Å². The largest absolute Gasteiger partial charge is 0.324 e. The maximum atomic E-state index is 12.6. The van der Waals surface area contributed by atoms with Gasteiger partial charge in [-0.25, -0.2) is 0 Å². The molecule has 0 aliphatic carbocycles. The highest BCUT2D eigenvalue weighted by Crippen LogP contribution is 2.24. The summed E-state index contributed by atoms with van der Waals surface area (Å²) in [7, 11) is 0. The van der Waals surface area contributed by atoms with Crippen molar-refractivity contribution in [2.45, 2.75) is 26.3 Å². The summed E-state index contributed by atoms with van der Waals surface area (Å²) in [4.78, 5) is 14.9. The Bertz CT molecular complexity index is 699. The van der Waals surface area contributed by atoms with E-state index in [0.717, 1.165) is 32.5 Å². The van der Waals surface area contributed by atoms with Gasteiger partial charge in [-0.15, -0.1) is 0 Å². The minimum absolute atomic E-state index is 0.0143. The van der Waals surface area contributed by atoms with E-state index in [-0.39, 0.29) is 11.8 Å². The van der Waals surface area contributed by atoms with Gasteiger partial charge < -0.3 is 5.32 Å². The first-order valence-corrected chi connectivity index (χ1v) is 8.83. The summed E-state index contributed by atoms with van der Waals surface area (Å²) >= 11 is 6.13. The number of nitrogens with zero attached hydrogens (tertiary/aromatic N) is 1. The summed E-state index contributed by atoms with van der Waals surface area (Å²) in [5.74, 6) is 0.0807.